The lowest BCUT2D eigenvalue weighted by Crippen LogP contribution is -2.42. The summed E-state index contributed by atoms with van der Waals surface area (Å²) in [6, 6.07) is 6.02. The number of benzene rings is 1. The Bertz CT molecular complexity index is 555. The summed E-state index contributed by atoms with van der Waals surface area (Å²) in [5.41, 5.74) is 3.39. The number of carbonyl (C=O) groups excluding carboxylic acids is 1. The van der Waals surface area contributed by atoms with Gasteiger partial charge in [0.1, 0.15) is 0 Å². The molecule has 6 heteroatoms. The van der Waals surface area contributed by atoms with Crippen LogP contribution in [-0.4, -0.2) is 37.6 Å². The highest BCUT2D eigenvalue weighted by Gasteiger charge is 2.25. The maximum Gasteiger partial charge on any atom is 0.237 e. The van der Waals surface area contributed by atoms with Crippen LogP contribution in [-0.2, 0) is 11.3 Å². The zero-order chi connectivity index (χ0) is 18.2. The van der Waals surface area contributed by atoms with Gasteiger partial charge in [-0.15, -0.1) is 0 Å². The predicted octanol–water partition coefficient (Wildman–Crippen LogP) is 2.32. The smallest absolute Gasteiger partial charge is 0.237 e. The second-order valence-electron chi connectivity index (χ2n) is 7.04. The highest BCUT2D eigenvalue weighted by molar-refractivity contribution is 5.78. The topological polar surface area (TPSA) is 76.8 Å². The average Bonchev–Trinajstić information content (AvgIpc) is 2.62. The molecule has 0 aliphatic carbocycles. The van der Waals surface area contributed by atoms with Crippen molar-refractivity contribution in [2.45, 2.75) is 39.7 Å². The predicted molar refractivity (Wildman–Crippen MR) is 98.3 cm³/mol. The van der Waals surface area contributed by atoms with E-state index in [0.717, 1.165) is 56.0 Å². The van der Waals surface area contributed by atoms with Gasteiger partial charge in [0.2, 0.25) is 5.91 Å². The summed E-state index contributed by atoms with van der Waals surface area (Å²) >= 11 is 0. The van der Waals surface area contributed by atoms with Gasteiger partial charge in [0, 0.05) is 18.0 Å². The molecule has 0 atom stereocenters. The number of nitrogens with zero attached hydrogens (tertiary/aromatic N) is 1. The summed E-state index contributed by atoms with van der Waals surface area (Å²) in [7, 11) is 1.67. The molecule has 1 amide bonds. The first-order valence-corrected chi connectivity index (χ1v) is 9.06. The van der Waals surface area contributed by atoms with Crippen LogP contribution in [0.3, 0.4) is 0 Å². The Kier molecular flexibility index (Phi) is 7.52. The van der Waals surface area contributed by atoms with E-state index in [1.165, 1.54) is 0 Å². The lowest BCUT2D eigenvalue weighted by molar-refractivity contribution is -0.126. The van der Waals surface area contributed by atoms with Crippen molar-refractivity contribution in [2.24, 2.45) is 17.7 Å². The number of carbonyl (C=O) groups is 1. The number of nitrogens with one attached hydrogen (secondary N) is 1. The molecule has 1 aliphatic rings. The van der Waals surface area contributed by atoms with Crippen LogP contribution in [0.25, 0.3) is 0 Å². The highest BCUT2D eigenvalue weighted by Crippen LogP contribution is 2.33. The van der Waals surface area contributed by atoms with Crippen molar-refractivity contribution >= 4 is 5.91 Å². The molecule has 1 aromatic rings. The average molecular weight is 349 g/mol. The van der Waals surface area contributed by atoms with Gasteiger partial charge in [-0.25, -0.2) is 5.84 Å². The monoisotopic (exact) mass is 349 g/mol. The number of ether oxygens (including phenoxy) is 2. The van der Waals surface area contributed by atoms with Crippen LogP contribution in [0.2, 0.25) is 0 Å². The number of piperidine rings is 1. The van der Waals surface area contributed by atoms with Gasteiger partial charge in [0.05, 0.1) is 13.7 Å². The molecule has 0 aromatic heterocycles. The van der Waals surface area contributed by atoms with Gasteiger partial charge in [0.15, 0.2) is 11.5 Å². The van der Waals surface area contributed by atoms with Gasteiger partial charge in [-0.05, 0) is 44.3 Å². The van der Waals surface area contributed by atoms with E-state index >= 15 is 0 Å². The first-order valence-electron chi connectivity index (χ1n) is 9.06. The number of rotatable bonds is 8. The number of para-hydroxylation sites is 1. The summed E-state index contributed by atoms with van der Waals surface area (Å²) in [6.07, 6.45) is 2.67. The fraction of sp³-hybridized carbons (Fsp3) is 0.632. The summed E-state index contributed by atoms with van der Waals surface area (Å²) in [5, 5.41) is 0. The number of likely N-dealkylation sites (tertiary alicyclic amines) is 1. The third-order valence-electron chi connectivity index (χ3n) is 4.72. The van der Waals surface area contributed by atoms with Crippen LogP contribution in [0.15, 0.2) is 18.2 Å². The first kappa shape index (κ1) is 19.5. The molecule has 1 aliphatic heterocycles. The fourth-order valence-electron chi connectivity index (χ4n) is 3.12. The molecule has 3 N–H and O–H groups in total. The maximum atomic E-state index is 11.7. The summed E-state index contributed by atoms with van der Waals surface area (Å²) in [6.45, 7) is 7.61. The SMILES string of the molecule is COc1cccc(CN2CCC(C(=O)NN)CC2)c1OCCC(C)C. The third kappa shape index (κ3) is 5.61. The van der Waals surface area contributed by atoms with Crippen molar-refractivity contribution in [2.75, 3.05) is 26.8 Å². The van der Waals surface area contributed by atoms with Crippen molar-refractivity contribution in [3.63, 3.8) is 0 Å². The van der Waals surface area contributed by atoms with Gasteiger partial charge < -0.3 is 9.47 Å². The number of hydrazine groups is 1. The highest BCUT2D eigenvalue weighted by atomic mass is 16.5. The number of amides is 1. The van der Waals surface area contributed by atoms with Gasteiger partial charge >= 0.3 is 0 Å². The van der Waals surface area contributed by atoms with Crippen LogP contribution in [0.4, 0.5) is 0 Å². The van der Waals surface area contributed by atoms with Crippen LogP contribution < -0.4 is 20.7 Å². The van der Waals surface area contributed by atoms with Crippen LogP contribution in [0.1, 0.15) is 38.7 Å². The Balaban J connectivity index is 2.00. The Morgan fingerprint density at radius 1 is 1.36 bits per heavy atom. The lowest BCUT2D eigenvalue weighted by Gasteiger charge is -2.31. The largest absolute Gasteiger partial charge is 0.493 e. The lowest BCUT2D eigenvalue weighted by atomic mass is 9.96. The standard InChI is InChI=1S/C19H31N3O3/c1-14(2)9-12-25-18-16(5-4-6-17(18)24-3)13-22-10-7-15(8-11-22)19(23)21-20/h4-6,14-15H,7-13,20H2,1-3H3,(H,21,23). The minimum Gasteiger partial charge on any atom is -0.493 e. The zero-order valence-corrected chi connectivity index (χ0v) is 15.6. The Morgan fingerprint density at radius 3 is 2.68 bits per heavy atom. The molecule has 0 radical (unpaired) electrons. The van der Waals surface area contributed by atoms with E-state index in [2.05, 4.69) is 30.2 Å². The molecule has 6 nitrogen and oxygen atoms in total. The number of nitrogens with two attached hydrogens (primary N) is 1. The molecular weight excluding hydrogens is 318 g/mol. The molecule has 1 aromatic carbocycles. The first-order chi connectivity index (χ1) is 12.0. The minimum absolute atomic E-state index is 0.0216. The van der Waals surface area contributed by atoms with E-state index in [1.54, 1.807) is 7.11 Å². The number of hydrogen-bond donors (Lipinski definition) is 2. The molecule has 140 valence electrons. The van der Waals surface area contributed by atoms with Gasteiger partial charge in [-0.1, -0.05) is 26.0 Å². The van der Waals surface area contributed by atoms with E-state index in [1.807, 2.05) is 12.1 Å². The van der Waals surface area contributed by atoms with Crippen LogP contribution >= 0.6 is 0 Å². The zero-order valence-electron chi connectivity index (χ0n) is 15.6. The quantitative estimate of drug-likeness (QED) is 0.428. The minimum atomic E-state index is -0.0567. The molecule has 2 rings (SSSR count). The summed E-state index contributed by atoms with van der Waals surface area (Å²) in [4.78, 5) is 14.0. The van der Waals surface area contributed by atoms with Gasteiger partial charge in [-0.3, -0.25) is 15.1 Å². The van der Waals surface area contributed by atoms with E-state index in [9.17, 15) is 4.79 Å². The second kappa shape index (κ2) is 9.63. The summed E-state index contributed by atoms with van der Waals surface area (Å²) in [5.74, 6) is 7.42. The normalized spacial score (nSPS) is 16.0. The third-order valence-corrected chi connectivity index (χ3v) is 4.72. The molecule has 1 saturated heterocycles. The van der Waals surface area contributed by atoms with E-state index in [4.69, 9.17) is 15.3 Å². The van der Waals surface area contributed by atoms with E-state index in [0.29, 0.717) is 12.5 Å². The Labute approximate surface area is 150 Å². The molecule has 0 spiro atoms. The Morgan fingerprint density at radius 2 is 2.08 bits per heavy atom. The molecule has 25 heavy (non-hydrogen) atoms. The van der Waals surface area contributed by atoms with Crippen LogP contribution in [0, 0.1) is 11.8 Å². The second-order valence-corrected chi connectivity index (χ2v) is 7.04. The molecule has 1 fully saturated rings. The van der Waals surface area contributed by atoms with Crippen molar-refractivity contribution in [1.29, 1.82) is 0 Å². The molecule has 1 heterocycles. The summed E-state index contributed by atoms with van der Waals surface area (Å²) < 4.78 is 11.5. The van der Waals surface area contributed by atoms with Crippen LogP contribution in [0.5, 0.6) is 11.5 Å². The fourth-order valence-corrected chi connectivity index (χ4v) is 3.12. The molecule has 0 saturated carbocycles. The number of hydrogen-bond acceptors (Lipinski definition) is 5. The van der Waals surface area contributed by atoms with Crippen molar-refractivity contribution in [1.82, 2.24) is 10.3 Å². The molecular formula is C19H31N3O3. The molecule has 0 bridgehead atoms. The van der Waals surface area contributed by atoms with E-state index in [-0.39, 0.29) is 11.8 Å². The maximum absolute atomic E-state index is 11.7. The van der Waals surface area contributed by atoms with Gasteiger partial charge in [0.25, 0.3) is 0 Å². The Hall–Kier alpha value is -1.79. The van der Waals surface area contributed by atoms with Crippen molar-refractivity contribution in [3.8, 4) is 11.5 Å². The van der Waals surface area contributed by atoms with E-state index < -0.39 is 0 Å². The van der Waals surface area contributed by atoms with Crippen molar-refractivity contribution in [3.05, 3.63) is 23.8 Å². The van der Waals surface area contributed by atoms with Gasteiger partial charge in [-0.2, -0.15) is 0 Å². The van der Waals surface area contributed by atoms with Crippen molar-refractivity contribution < 1.29 is 14.3 Å². The molecule has 0 unspecified atom stereocenters. The number of methoxy groups -OCH3 is 1.